The van der Waals surface area contributed by atoms with Gasteiger partial charge in [0.1, 0.15) is 17.7 Å². The molecule has 0 amide bonds. The molecule has 2 aromatic heterocycles. The zero-order valence-corrected chi connectivity index (χ0v) is 20.1. The summed E-state index contributed by atoms with van der Waals surface area (Å²) in [5.74, 6) is 2.24. The fraction of sp³-hybridized carbons (Fsp3) is 0.500. The number of hydrogen-bond acceptors (Lipinski definition) is 9. The van der Waals surface area contributed by atoms with Gasteiger partial charge in [-0.2, -0.15) is 0 Å². The molecule has 6 rings (SSSR count). The van der Waals surface area contributed by atoms with E-state index >= 15 is 0 Å². The number of hydrogen-bond donors (Lipinski definition) is 2. The number of aliphatic hydroxyl groups is 1. The van der Waals surface area contributed by atoms with E-state index in [1.54, 1.807) is 7.11 Å². The highest BCUT2D eigenvalue weighted by Crippen LogP contribution is 2.35. The Hall–Kier alpha value is -2.85. The lowest BCUT2D eigenvalue weighted by Gasteiger charge is -2.34. The Morgan fingerprint density at radius 2 is 2.00 bits per heavy atom. The smallest absolute Gasteiger partial charge is 0.161 e. The number of pyridine rings is 1. The minimum absolute atomic E-state index is 0.107. The zero-order valence-electron chi connectivity index (χ0n) is 20.1. The molecule has 3 saturated heterocycles. The van der Waals surface area contributed by atoms with Gasteiger partial charge < -0.3 is 29.5 Å². The van der Waals surface area contributed by atoms with Crippen LogP contribution in [0.25, 0.3) is 22.2 Å². The number of ether oxygens (including phenoxy) is 3. The number of methoxy groups -OCH3 is 1. The minimum atomic E-state index is -0.219. The lowest BCUT2D eigenvalue weighted by molar-refractivity contribution is -0.00545. The Morgan fingerprint density at radius 1 is 1.17 bits per heavy atom. The first-order valence-corrected chi connectivity index (χ1v) is 12.3. The molecule has 0 spiro atoms. The van der Waals surface area contributed by atoms with Crippen molar-refractivity contribution in [3.8, 4) is 17.0 Å². The van der Waals surface area contributed by atoms with Crippen LogP contribution < -0.4 is 15.0 Å². The van der Waals surface area contributed by atoms with E-state index < -0.39 is 0 Å². The van der Waals surface area contributed by atoms with E-state index in [9.17, 15) is 5.11 Å². The molecule has 0 aliphatic carbocycles. The molecule has 5 heterocycles. The summed E-state index contributed by atoms with van der Waals surface area (Å²) >= 11 is 0. The molecule has 0 radical (unpaired) electrons. The van der Waals surface area contributed by atoms with Crippen molar-refractivity contribution >= 4 is 16.7 Å². The van der Waals surface area contributed by atoms with E-state index in [0.29, 0.717) is 18.2 Å². The molecule has 35 heavy (non-hydrogen) atoms. The predicted molar refractivity (Wildman–Crippen MR) is 132 cm³/mol. The van der Waals surface area contributed by atoms with Crippen molar-refractivity contribution in [3.05, 3.63) is 41.9 Å². The topological polar surface area (TPSA) is 102 Å². The first kappa shape index (κ1) is 22.6. The molecule has 184 valence electrons. The molecular formula is C26H31N5O4. The molecule has 2 N–H and O–H groups in total. The van der Waals surface area contributed by atoms with Crippen molar-refractivity contribution in [2.24, 2.45) is 0 Å². The summed E-state index contributed by atoms with van der Waals surface area (Å²) in [6, 6.07) is 7.83. The number of anilines is 1. The highest BCUT2D eigenvalue weighted by atomic mass is 16.5. The number of rotatable bonds is 5. The Labute approximate surface area is 204 Å². The molecular weight excluding hydrogens is 446 g/mol. The number of fused-ring (bicyclic) bond motifs is 3. The highest BCUT2D eigenvalue weighted by Gasteiger charge is 2.36. The summed E-state index contributed by atoms with van der Waals surface area (Å²) in [6.45, 7) is 5.10. The maximum Gasteiger partial charge on any atom is 0.161 e. The van der Waals surface area contributed by atoms with Crippen LogP contribution in [0.1, 0.15) is 37.3 Å². The maximum absolute atomic E-state index is 9.77. The van der Waals surface area contributed by atoms with Crippen LogP contribution in [0.3, 0.4) is 0 Å². The normalized spacial score (nSPS) is 26.3. The molecule has 3 aliphatic heterocycles. The second-order valence-electron chi connectivity index (χ2n) is 9.57. The molecule has 4 atom stereocenters. The van der Waals surface area contributed by atoms with Crippen molar-refractivity contribution in [2.75, 3.05) is 38.3 Å². The fourth-order valence-electron chi connectivity index (χ4n) is 5.42. The third kappa shape index (κ3) is 4.23. The minimum Gasteiger partial charge on any atom is -0.496 e. The summed E-state index contributed by atoms with van der Waals surface area (Å²) < 4.78 is 17.5. The highest BCUT2D eigenvalue weighted by molar-refractivity contribution is 5.91. The van der Waals surface area contributed by atoms with Gasteiger partial charge in [-0.1, -0.05) is 0 Å². The lowest BCUT2D eigenvalue weighted by Crippen LogP contribution is -2.44. The molecule has 2 bridgehead atoms. The van der Waals surface area contributed by atoms with Gasteiger partial charge in [0.05, 0.1) is 49.1 Å². The predicted octanol–water partition coefficient (Wildman–Crippen LogP) is 2.61. The van der Waals surface area contributed by atoms with Gasteiger partial charge in [0.15, 0.2) is 5.82 Å². The van der Waals surface area contributed by atoms with Crippen molar-refractivity contribution in [1.82, 2.24) is 20.3 Å². The third-order valence-electron chi connectivity index (χ3n) is 7.24. The van der Waals surface area contributed by atoms with Crippen molar-refractivity contribution in [3.63, 3.8) is 0 Å². The molecule has 9 nitrogen and oxygen atoms in total. The Bertz CT molecular complexity index is 1230. The van der Waals surface area contributed by atoms with Crippen LogP contribution in [0.5, 0.6) is 5.75 Å². The zero-order chi connectivity index (χ0) is 23.9. The van der Waals surface area contributed by atoms with Crippen molar-refractivity contribution in [2.45, 2.75) is 50.7 Å². The summed E-state index contributed by atoms with van der Waals surface area (Å²) in [5.41, 5.74) is 3.22. The Kier molecular flexibility index (Phi) is 6.01. The standard InChI is InChI=1S/C26H31N5O4/c1-15-24(34-8-7-27-15)25-29-22-10-21(16-3-6-23(33-2)17(9-16)14-32)28-11-20(22)26(30-25)31-12-18-4-5-19(13-31)35-18/h3,6,9-11,15,18-19,24,27,32H,4-5,7-8,12-14H2,1-2H3/t15?,18?,19?,24-/m0/s1. The van der Waals surface area contributed by atoms with Gasteiger partial charge in [0.25, 0.3) is 0 Å². The quantitative estimate of drug-likeness (QED) is 0.574. The largest absolute Gasteiger partial charge is 0.496 e. The first-order chi connectivity index (χ1) is 17.1. The summed E-state index contributed by atoms with van der Waals surface area (Å²) in [4.78, 5) is 17.1. The molecule has 3 fully saturated rings. The third-order valence-corrected chi connectivity index (χ3v) is 7.24. The van der Waals surface area contributed by atoms with E-state index in [0.717, 1.165) is 66.0 Å². The summed E-state index contributed by atoms with van der Waals surface area (Å²) in [7, 11) is 1.60. The van der Waals surface area contributed by atoms with Gasteiger partial charge in [0.2, 0.25) is 0 Å². The van der Waals surface area contributed by atoms with E-state index in [-0.39, 0.29) is 31.0 Å². The SMILES string of the molecule is COc1ccc(-c2cc3nc([C@H]4OCCNC4C)nc(N4CC5CCC(C4)O5)c3cn2)cc1CO. The Balaban J connectivity index is 1.46. The van der Waals surface area contributed by atoms with Crippen LogP contribution in [0.15, 0.2) is 30.5 Å². The van der Waals surface area contributed by atoms with Gasteiger partial charge in [-0.25, -0.2) is 9.97 Å². The number of aromatic nitrogens is 3. The van der Waals surface area contributed by atoms with Gasteiger partial charge >= 0.3 is 0 Å². The summed E-state index contributed by atoms with van der Waals surface area (Å²) in [5, 5.41) is 14.2. The van der Waals surface area contributed by atoms with Crippen molar-refractivity contribution < 1.29 is 19.3 Å². The Morgan fingerprint density at radius 3 is 2.74 bits per heavy atom. The van der Waals surface area contributed by atoms with Crippen LogP contribution >= 0.6 is 0 Å². The van der Waals surface area contributed by atoms with Crippen LogP contribution in [-0.2, 0) is 16.1 Å². The number of aliphatic hydroxyl groups excluding tert-OH is 1. The van der Waals surface area contributed by atoms with E-state index in [4.69, 9.17) is 29.2 Å². The molecule has 9 heteroatoms. The molecule has 3 aliphatic rings. The van der Waals surface area contributed by atoms with Crippen molar-refractivity contribution in [1.29, 1.82) is 0 Å². The molecule has 1 aromatic carbocycles. The number of benzene rings is 1. The van der Waals surface area contributed by atoms with Gasteiger partial charge in [-0.3, -0.25) is 4.98 Å². The van der Waals surface area contributed by atoms with Gasteiger partial charge in [-0.05, 0) is 44.0 Å². The molecule has 3 unspecified atom stereocenters. The summed E-state index contributed by atoms with van der Waals surface area (Å²) in [6.07, 6.45) is 4.33. The number of nitrogens with one attached hydrogen (secondary N) is 1. The fourth-order valence-corrected chi connectivity index (χ4v) is 5.42. The van der Waals surface area contributed by atoms with Crippen LogP contribution in [-0.4, -0.2) is 71.7 Å². The molecule has 3 aromatic rings. The van der Waals surface area contributed by atoms with Gasteiger partial charge in [-0.15, -0.1) is 0 Å². The monoisotopic (exact) mass is 477 g/mol. The number of nitrogens with zero attached hydrogens (tertiary/aromatic N) is 4. The first-order valence-electron chi connectivity index (χ1n) is 12.3. The lowest BCUT2D eigenvalue weighted by atomic mass is 10.1. The van der Waals surface area contributed by atoms with E-state index in [2.05, 4.69) is 17.1 Å². The van der Waals surface area contributed by atoms with E-state index in [1.165, 1.54) is 0 Å². The van der Waals surface area contributed by atoms with Gasteiger partial charge in [0, 0.05) is 43.0 Å². The number of morpholine rings is 2. The van der Waals surface area contributed by atoms with Crippen LogP contribution in [0.4, 0.5) is 5.82 Å². The second kappa shape index (κ2) is 9.31. The maximum atomic E-state index is 9.77. The van der Waals surface area contributed by atoms with Crippen LogP contribution in [0.2, 0.25) is 0 Å². The average Bonchev–Trinajstić information content (AvgIpc) is 3.24. The van der Waals surface area contributed by atoms with Crippen LogP contribution in [0, 0.1) is 0 Å². The molecule has 0 saturated carbocycles. The average molecular weight is 478 g/mol. The second-order valence-corrected chi connectivity index (χ2v) is 9.57. The van der Waals surface area contributed by atoms with E-state index in [1.807, 2.05) is 30.5 Å².